The number of phenolic OH excluding ortho intramolecular Hbond substituents is 1. The maximum atomic E-state index is 13.5. The molecule has 1 saturated carbocycles. The molecule has 2 aromatic rings. The zero-order valence-corrected chi connectivity index (χ0v) is 23.8. The number of aliphatic hydroxyl groups excluding tert-OH is 1. The highest BCUT2D eigenvalue weighted by molar-refractivity contribution is 7.89. The zero-order chi connectivity index (χ0) is 28.2. The molecule has 11 heteroatoms. The summed E-state index contributed by atoms with van der Waals surface area (Å²) in [7, 11) is -4.10. The van der Waals surface area contributed by atoms with Gasteiger partial charge in [-0.05, 0) is 48.8 Å². The fourth-order valence-corrected chi connectivity index (χ4v) is 7.08. The van der Waals surface area contributed by atoms with Crippen molar-refractivity contribution in [3.05, 3.63) is 59.1 Å². The van der Waals surface area contributed by atoms with Crippen LogP contribution in [0.4, 0.5) is 4.79 Å². The van der Waals surface area contributed by atoms with Gasteiger partial charge in [-0.1, -0.05) is 55.8 Å². The van der Waals surface area contributed by atoms with E-state index < -0.39 is 28.3 Å². The molecule has 3 N–H and O–H groups in total. The quantitative estimate of drug-likeness (QED) is 0.367. The Labute approximate surface area is 235 Å². The number of fused-ring (bicyclic) bond motifs is 1. The Morgan fingerprint density at radius 1 is 1.18 bits per heavy atom. The predicted octanol–water partition coefficient (Wildman–Crippen LogP) is 3.96. The third-order valence-corrected chi connectivity index (χ3v) is 9.41. The van der Waals surface area contributed by atoms with Gasteiger partial charge in [-0.2, -0.15) is 4.31 Å². The van der Waals surface area contributed by atoms with Crippen LogP contribution in [-0.4, -0.2) is 73.1 Å². The summed E-state index contributed by atoms with van der Waals surface area (Å²) in [5.74, 6) is -0.00591. The SMILES string of the molecule is CC(C)CN(C[C@@H](O)[C@H](Cc1ccccc1)NC(=O)O[C@@H]1CC2CCO[C@@H]2C1)S(=O)(=O)c1ccc(Cl)c(O)c1. The average Bonchev–Trinajstić information content (AvgIpc) is 3.47. The number of sulfonamides is 1. The molecule has 1 heterocycles. The molecule has 1 aliphatic heterocycles. The van der Waals surface area contributed by atoms with E-state index in [1.54, 1.807) is 0 Å². The highest BCUT2D eigenvalue weighted by Gasteiger charge is 2.40. The lowest BCUT2D eigenvalue weighted by Gasteiger charge is -2.31. The van der Waals surface area contributed by atoms with Crippen molar-refractivity contribution >= 4 is 27.7 Å². The number of nitrogens with one attached hydrogen (secondary N) is 1. The van der Waals surface area contributed by atoms with Crippen molar-refractivity contribution in [1.82, 2.24) is 9.62 Å². The lowest BCUT2D eigenvalue weighted by molar-refractivity contribution is 0.0554. The average molecular weight is 581 g/mol. The normalized spacial score (nSPS) is 22.6. The van der Waals surface area contributed by atoms with Crippen molar-refractivity contribution in [2.24, 2.45) is 11.8 Å². The standard InChI is InChI=1S/C28H37ClN2O7S/c1-18(2)16-31(39(35,36)22-8-9-23(29)25(32)15-22)17-26(33)24(12-19-6-4-3-5-7-19)30-28(34)38-21-13-20-10-11-37-27(20)14-21/h3-9,15,18,20-21,24,26-27,32-33H,10-14,16-17H2,1-2H3,(H,30,34)/t20?,21-,24+,26-,27-/m1/s1. The largest absolute Gasteiger partial charge is 0.506 e. The molecule has 1 saturated heterocycles. The number of carbonyl (C=O) groups is 1. The van der Waals surface area contributed by atoms with Crippen LogP contribution in [0, 0.1) is 11.8 Å². The topological polar surface area (TPSA) is 125 Å². The van der Waals surface area contributed by atoms with Crippen LogP contribution in [-0.2, 0) is 25.9 Å². The summed E-state index contributed by atoms with van der Waals surface area (Å²) in [6.45, 7) is 4.32. The van der Waals surface area contributed by atoms with Gasteiger partial charge < -0.3 is 25.0 Å². The Kier molecular flexibility index (Phi) is 9.77. The van der Waals surface area contributed by atoms with E-state index in [1.807, 2.05) is 44.2 Å². The molecule has 2 aromatic carbocycles. The number of hydrogen-bond donors (Lipinski definition) is 3. The van der Waals surface area contributed by atoms with Crippen LogP contribution < -0.4 is 5.32 Å². The third-order valence-electron chi connectivity index (χ3n) is 7.26. The molecule has 5 atom stereocenters. The van der Waals surface area contributed by atoms with E-state index >= 15 is 0 Å². The molecule has 0 spiro atoms. The maximum Gasteiger partial charge on any atom is 0.407 e. The van der Waals surface area contributed by atoms with Crippen LogP contribution in [0.3, 0.4) is 0 Å². The molecule has 0 radical (unpaired) electrons. The van der Waals surface area contributed by atoms with Gasteiger partial charge in [0, 0.05) is 32.2 Å². The molecule has 1 amide bonds. The van der Waals surface area contributed by atoms with E-state index in [0.29, 0.717) is 12.3 Å². The Bertz CT molecular complexity index is 1220. The van der Waals surface area contributed by atoms with Crippen molar-refractivity contribution in [3.63, 3.8) is 0 Å². The Hall–Kier alpha value is -2.37. The Morgan fingerprint density at radius 3 is 2.59 bits per heavy atom. The number of amides is 1. The van der Waals surface area contributed by atoms with Gasteiger partial charge in [0.1, 0.15) is 11.9 Å². The van der Waals surface area contributed by atoms with Crippen molar-refractivity contribution in [1.29, 1.82) is 0 Å². The highest BCUT2D eigenvalue weighted by atomic mass is 35.5. The molecular weight excluding hydrogens is 544 g/mol. The summed E-state index contributed by atoms with van der Waals surface area (Å²) in [4.78, 5) is 12.8. The fourth-order valence-electron chi connectivity index (χ4n) is 5.32. The lowest BCUT2D eigenvalue weighted by Crippen LogP contribution is -2.51. The first-order valence-electron chi connectivity index (χ1n) is 13.3. The number of phenols is 1. The minimum atomic E-state index is -4.10. The van der Waals surface area contributed by atoms with E-state index in [1.165, 1.54) is 16.4 Å². The van der Waals surface area contributed by atoms with Crippen molar-refractivity contribution < 1.29 is 32.9 Å². The van der Waals surface area contributed by atoms with E-state index in [9.17, 15) is 23.4 Å². The van der Waals surface area contributed by atoms with Crippen LogP contribution >= 0.6 is 11.6 Å². The second kappa shape index (κ2) is 12.9. The number of carbonyl (C=O) groups excluding carboxylic acids is 1. The van der Waals surface area contributed by atoms with Gasteiger partial charge in [-0.25, -0.2) is 13.2 Å². The molecule has 214 valence electrons. The summed E-state index contributed by atoms with van der Waals surface area (Å²) in [5.41, 5.74) is 0.867. The van der Waals surface area contributed by atoms with E-state index in [4.69, 9.17) is 21.1 Å². The highest BCUT2D eigenvalue weighted by Crippen LogP contribution is 2.37. The summed E-state index contributed by atoms with van der Waals surface area (Å²) >= 11 is 5.88. The number of aromatic hydroxyl groups is 1. The number of aliphatic hydroxyl groups is 1. The Balaban J connectivity index is 1.50. The van der Waals surface area contributed by atoms with Gasteiger partial charge in [0.25, 0.3) is 0 Å². The van der Waals surface area contributed by atoms with Gasteiger partial charge in [-0.15, -0.1) is 0 Å². The summed E-state index contributed by atoms with van der Waals surface area (Å²) < 4.78 is 39.6. The number of ether oxygens (including phenoxy) is 2. The molecule has 1 aliphatic carbocycles. The summed E-state index contributed by atoms with van der Waals surface area (Å²) in [6, 6.07) is 12.2. The lowest BCUT2D eigenvalue weighted by atomic mass is 10.0. The first kappa shape index (κ1) is 29.6. The summed E-state index contributed by atoms with van der Waals surface area (Å²) in [6.07, 6.45) is 0.595. The zero-order valence-electron chi connectivity index (χ0n) is 22.2. The third kappa shape index (κ3) is 7.64. The molecular formula is C28H37ClN2O7S. The van der Waals surface area contributed by atoms with Crippen LogP contribution in [0.1, 0.15) is 38.7 Å². The van der Waals surface area contributed by atoms with E-state index in [-0.39, 0.29) is 53.3 Å². The molecule has 0 aromatic heterocycles. The van der Waals surface area contributed by atoms with Crippen LogP contribution in [0.5, 0.6) is 5.75 Å². The van der Waals surface area contributed by atoms with Gasteiger partial charge >= 0.3 is 6.09 Å². The molecule has 9 nitrogen and oxygen atoms in total. The second-order valence-corrected chi connectivity index (χ2v) is 13.1. The smallest absolute Gasteiger partial charge is 0.407 e. The van der Waals surface area contributed by atoms with Gasteiger partial charge in [-0.3, -0.25) is 0 Å². The predicted molar refractivity (Wildman–Crippen MR) is 147 cm³/mol. The number of alkyl carbamates (subject to hydrolysis) is 1. The van der Waals surface area contributed by atoms with E-state index in [2.05, 4.69) is 5.32 Å². The number of halogens is 1. The molecule has 0 bridgehead atoms. The molecule has 2 aliphatic rings. The first-order valence-corrected chi connectivity index (χ1v) is 15.1. The monoisotopic (exact) mass is 580 g/mol. The first-order chi connectivity index (χ1) is 18.5. The van der Waals surface area contributed by atoms with Crippen molar-refractivity contribution in [2.45, 2.75) is 68.8 Å². The molecule has 1 unspecified atom stereocenters. The van der Waals surface area contributed by atoms with Crippen LogP contribution in [0.15, 0.2) is 53.4 Å². The fraction of sp³-hybridized carbons (Fsp3) is 0.536. The van der Waals surface area contributed by atoms with E-state index in [0.717, 1.165) is 31.1 Å². The van der Waals surface area contributed by atoms with Crippen LogP contribution in [0.25, 0.3) is 0 Å². The number of hydrogen-bond acceptors (Lipinski definition) is 7. The van der Waals surface area contributed by atoms with Gasteiger partial charge in [0.05, 0.1) is 28.2 Å². The minimum absolute atomic E-state index is 0.0347. The number of rotatable bonds is 11. The molecule has 39 heavy (non-hydrogen) atoms. The summed E-state index contributed by atoms with van der Waals surface area (Å²) in [5, 5.41) is 24.2. The second-order valence-electron chi connectivity index (χ2n) is 10.8. The van der Waals surface area contributed by atoms with Gasteiger partial charge in [0.2, 0.25) is 10.0 Å². The maximum absolute atomic E-state index is 13.5. The van der Waals surface area contributed by atoms with Crippen molar-refractivity contribution in [3.8, 4) is 5.75 Å². The van der Waals surface area contributed by atoms with Gasteiger partial charge in [0.15, 0.2) is 0 Å². The minimum Gasteiger partial charge on any atom is -0.506 e. The number of benzene rings is 2. The van der Waals surface area contributed by atoms with Crippen LogP contribution in [0.2, 0.25) is 5.02 Å². The Morgan fingerprint density at radius 2 is 1.92 bits per heavy atom. The molecule has 4 rings (SSSR count). The molecule has 2 fully saturated rings. The number of nitrogens with zero attached hydrogens (tertiary/aromatic N) is 1. The van der Waals surface area contributed by atoms with Crippen molar-refractivity contribution in [2.75, 3.05) is 19.7 Å².